The van der Waals surface area contributed by atoms with E-state index in [1.165, 1.54) is 40.2 Å². The molecule has 0 radical (unpaired) electrons. The molecule has 0 saturated carbocycles. The van der Waals surface area contributed by atoms with Crippen LogP contribution in [-0.2, 0) is 26.4 Å². The average Bonchev–Trinajstić information content (AvgIpc) is 3.42. The van der Waals surface area contributed by atoms with Crippen molar-refractivity contribution >= 4 is 28.9 Å². The normalized spacial score (nSPS) is 17.1. The zero-order valence-corrected chi connectivity index (χ0v) is 23.5. The number of ether oxygens (including phenoxy) is 1. The van der Waals surface area contributed by atoms with Gasteiger partial charge in [0, 0.05) is 25.3 Å². The lowest BCUT2D eigenvalue weighted by molar-refractivity contribution is -0.141. The van der Waals surface area contributed by atoms with Crippen LogP contribution >= 0.6 is 11.8 Å². The summed E-state index contributed by atoms with van der Waals surface area (Å²) < 4.78 is 6.38. The Balaban J connectivity index is 1.66. The van der Waals surface area contributed by atoms with E-state index >= 15 is 0 Å². The number of hydrogen-bond acceptors (Lipinski definition) is 7. The lowest BCUT2D eigenvalue weighted by atomic mass is 9.74. The molecule has 3 aromatic carbocycles. The van der Waals surface area contributed by atoms with Gasteiger partial charge in [-0.2, -0.15) is 0 Å². The molecule has 2 heterocycles. The highest BCUT2D eigenvalue weighted by Crippen LogP contribution is 2.45. The molecular formula is C32H32N4O3S. The van der Waals surface area contributed by atoms with E-state index in [4.69, 9.17) is 4.74 Å². The molecule has 4 aromatic rings. The van der Waals surface area contributed by atoms with Crippen LogP contribution in [0.15, 0.2) is 103 Å². The second kappa shape index (κ2) is 12.4. The van der Waals surface area contributed by atoms with E-state index in [0.717, 1.165) is 18.5 Å². The van der Waals surface area contributed by atoms with Crippen molar-refractivity contribution in [3.63, 3.8) is 0 Å². The molecule has 1 unspecified atom stereocenters. The second-order valence-corrected chi connectivity index (χ2v) is 11.1. The zero-order valence-electron chi connectivity index (χ0n) is 22.6. The standard InChI is InChI=1S/C32H32N4O3S/c1-24(37)40-30-18-19-35(22-25(30)20-29-21-33-34-36(29)23-31(38)39-2)32(26-12-6-3-7-13-26,27-14-8-4-9-15-27)28-16-10-5-11-17-28/h3-17,20-21,30H,18-19,22-23H2,1-2H3. The maximum atomic E-state index is 12.3. The number of methoxy groups -OCH3 is 1. The van der Waals surface area contributed by atoms with Gasteiger partial charge in [0.05, 0.1) is 24.5 Å². The molecule has 1 saturated heterocycles. The molecule has 7 nitrogen and oxygen atoms in total. The van der Waals surface area contributed by atoms with Gasteiger partial charge in [-0.1, -0.05) is 108 Å². The molecule has 1 aliphatic heterocycles. The van der Waals surface area contributed by atoms with Crippen LogP contribution in [0.25, 0.3) is 6.08 Å². The van der Waals surface area contributed by atoms with Crippen molar-refractivity contribution < 1.29 is 14.3 Å². The molecule has 40 heavy (non-hydrogen) atoms. The molecule has 0 amide bonds. The third-order valence-corrected chi connectivity index (χ3v) is 8.45. The fraction of sp³-hybridized carbons (Fsp3) is 0.250. The first-order valence-corrected chi connectivity index (χ1v) is 14.1. The van der Waals surface area contributed by atoms with E-state index in [0.29, 0.717) is 12.2 Å². The number of carbonyl (C=O) groups is 2. The van der Waals surface area contributed by atoms with Crippen LogP contribution in [0.5, 0.6) is 0 Å². The summed E-state index contributed by atoms with van der Waals surface area (Å²) in [4.78, 5) is 26.8. The molecule has 0 aliphatic carbocycles. The maximum Gasteiger partial charge on any atom is 0.327 e. The molecule has 1 fully saturated rings. The summed E-state index contributed by atoms with van der Waals surface area (Å²) in [6.45, 7) is 2.96. The van der Waals surface area contributed by atoms with Crippen molar-refractivity contribution in [1.29, 1.82) is 0 Å². The molecule has 1 aromatic heterocycles. The summed E-state index contributed by atoms with van der Waals surface area (Å²) in [6.07, 6.45) is 4.45. The summed E-state index contributed by atoms with van der Waals surface area (Å²) in [5.41, 5.74) is 4.71. The Morgan fingerprint density at radius 1 is 0.950 bits per heavy atom. The van der Waals surface area contributed by atoms with E-state index in [1.807, 2.05) is 24.3 Å². The van der Waals surface area contributed by atoms with E-state index in [-0.39, 0.29) is 16.9 Å². The summed E-state index contributed by atoms with van der Waals surface area (Å²) in [5.74, 6) is -0.402. The fourth-order valence-electron chi connectivity index (χ4n) is 5.58. The van der Waals surface area contributed by atoms with Crippen molar-refractivity contribution in [2.24, 2.45) is 0 Å². The van der Waals surface area contributed by atoms with Gasteiger partial charge in [0.15, 0.2) is 5.12 Å². The Labute approximate surface area is 238 Å². The number of piperidine rings is 1. The largest absolute Gasteiger partial charge is 0.468 e. The Kier molecular flexibility index (Phi) is 8.57. The number of aromatic nitrogens is 3. The minimum atomic E-state index is -0.570. The first-order chi connectivity index (χ1) is 19.5. The minimum Gasteiger partial charge on any atom is -0.468 e. The van der Waals surface area contributed by atoms with E-state index < -0.39 is 11.5 Å². The Hall–Kier alpha value is -4.01. The number of benzene rings is 3. The van der Waals surface area contributed by atoms with Crippen LogP contribution in [0.2, 0.25) is 0 Å². The quantitative estimate of drug-likeness (QED) is 0.220. The number of nitrogens with zero attached hydrogens (tertiary/aromatic N) is 4. The summed E-state index contributed by atoms with van der Waals surface area (Å²) in [5, 5.41) is 8.22. The van der Waals surface area contributed by atoms with Crippen molar-refractivity contribution in [2.75, 3.05) is 20.2 Å². The van der Waals surface area contributed by atoms with Gasteiger partial charge >= 0.3 is 5.97 Å². The number of esters is 1. The predicted octanol–water partition coefficient (Wildman–Crippen LogP) is 5.18. The summed E-state index contributed by atoms with van der Waals surface area (Å²) >= 11 is 1.35. The first-order valence-electron chi connectivity index (χ1n) is 13.3. The third kappa shape index (κ3) is 5.64. The second-order valence-electron chi connectivity index (χ2n) is 9.73. The lowest BCUT2D eigenvalue weighted by Gasteiger charge is -2.49. The van der Waals surface area contributed by atoms with Crippen LogP contribution in [0, 0.1) is 0 Å². The van der Waals surface area contributed by atoms with Crippen LogP contribution in [0.1, 0.15) is 35.7 Å². The monoisotopic (exact) mass is 552 g/mol. The van der Waals surface area contributed by atoms with Crippen LogP contribution in [-0.4, -0.2) is 56.4 Å². The maximum absolute atomic E-state index is 12.3. The molecule has 0 N–H and O–H groups in total. The van der Waals surface area contributed by atoms with Gasteiger partial charge in [0.1, 0.15) is 6.54 Å². The molecule has 1 aliphatic rings. The molecule has 0 spiro atoms. The van der Waals surface area contributed by atoms with Gasteiger partial charge in [0.2, 0.25) is 0 Å². The number of carbonyl (C=O) groups excluding carboxylic acids is 2. The molecule has 5 rings (SSSR count). The van der Waals surface area contributed by atoms with Gasteiger partial charge in [-0.3, -0.25) is 14.5 Å². The van der Waals surface area contributed by atoms with E-state index in [1.54, 1.807) is 13.1 Å². The Bertz CT molecular complexity index is 1380. The molecule has 8 heteroatoms. The van der Waals surface area contributed by atoms with Crippen molar-refractivity contribution in [1.82, 2.24) is 19.9 Å². The summed E-state index contributed by atoms with van der Waals surface area (Å²) in [7, 11) is 1.35. The van der Waals surface area contributed by atoms with E-state index in [9.17, 15) is 9.59 Å². The van der Waals surface area contributed by atoms with Crippen LogP contribution in [0.3, 0.4) is 0 Å². The number of thioether (sulfide) groups is 1. The highest BCUT2D eigenvalue weighted by Gasteiger charge is 2.44. The van der Waals surface area contributed by atoms with E-state index in [2.05, 4.69) is 88.0 Å². The zero-order chi connectivity index (χ0) is 28.0. The molecule has 1 atom stereocenters. The Morgan fingerprint density at radius 3 is 2.00 bits per heavy atom. The van der Waals surface area contributed by atoms with Crippen molar-refractivity contribution in [3.05, 3.63) is 125 Å². The summed E-state index contributed by atoms with van der Waals surface area (Å²) in [6, 6.07) is 31.8. The minimum absolute atomic E-state index is 0.00440. The highest BCUT2D eigenvalue weighted by molar-refractivity contribution is 8.14. The number of rotatable bonds is 8. The average molecular weight is 553 g/mol. The third-order valence-electron chi connectivity index (χ3n) is 7.29. The Morgan fingerprint density at radius 2 is 1.50 bits per heavy atom. The van der Waals surface area contributed by atoms with Gasteiger partial charge in [-0.25, -0.2) is 4.68 Å². The number of hydrogen-bond donors (Lipinski definition) is 0. The van der Waals surface area contributed by atoms with Crippen molar-refractivity contribution in [3.8, 4) is 0 Å². The first kappa shape index (κ1) is 27.6. The van der Waals surface area contributed by atoms with Crippen molar-refractivity contribution in [2.45, 2.75) is 30.7 Å². The molecular weight excluding hydrogens is 520 g/mol. The van der Waals surface area contributed by atoms with Gasteiger partial charge in [-0.15, -0.1) is 5.10 Å². The van der Waals surface area contributed by atoms with Gasteiger partial charge in [-0.05, 0) is 34.8 Å². The van der Waals surface area contributed by atoms with Gasteiger partial charge < -0.3 is 4.74 Å². The number of likely N-dealkylation sites (tertiary alicyclic amines) is 1. The highest BCUT2D eigenvalue weighted by atomic mass is 32.2. The topological polar surface area (TPSA) is 77.3 Å². The SMILES string of the molecule is COC(=O)Cn1nncc1C=C1CN(C(c2ccccc2)(c2ccccc2)c2ccccc2)CCC1SC(C)=O. The fourth-order valence-corrected chi connectivity index (χ4v) is 6.50. The van der Waals surface area contributed by atoms with Gasteiger partial charge in [0.25, 0.3) is 0 Å². The molecule has 0 bridgehead atoms. The van der Waals surface area contributed by atoms with Crippen LogP contribution < -0.4 is 0 Å². The predicted molar refractivity (Wildman–Crippen MR) is 157 cm³/mol. The van der Waals surface area contributed by atoms with Crippen LogP contribution in [0.4, 0.5) is 0 Å². The smallest absolute Gasteiger partial charge is 0.327 e. The molecule has 204 valence electrons. The lowest BCUT2D eigenvalue weighted by Crippen LogP contribution is -2.52.